The number of hydrogen-bond donors (Lipinski definition) is 1. The van der Waals surface area contributed by atoms with Crippen LogP contribution < -0.4 is 0 Å². The Morgan fingerprint density at radius 1 is 1.30 bits per heavy atom. The first-order valence-electron chi connectivity index (χ1n) is 8.61. The van der Waals surface area contributed by atoms with Crippen LogP contribution in [0.4, 0.5) is 0 Å². The van der Waals surface area contributed by atoms with E-state index in [1.807, 2.05) is 11.8 Å². The summed E-state index contributed by atoms with van der Waals surface area (Å²) < 4.78 is 11.5. The zero-order valence-corrected chi connectivity index (χ0v) is 13.5. The third-order valence-corrected chi connectivity index (χ3v) is 5.34. The number of rotatable bonds is 2. The monoisotopic (exact) mass is 320 g/mol. The van der Waals surface area contributed by atoms with Gasteiger partial charge in [-0.15, -0.1) is 0 Å². The molecule has 1 aromatic rings. The van der Waals surface area contributed by atoms with Crippen molar-refractivity contribution in [1.82, 2.24) is 20.1 Å². The second-order valence-corrected chi connectivity index (χ2v) is 6.90. The van der Waals surface area contributed by atoms with Crippen LogP contribution in [0, 0.1) is 18.8 Å². The van der Waals surface area contributed by atoms with Gasteiger partial charge in [-0.3, -0.25) is 9.89 Å². The number of hydrogen-bond acceptors (Lipinski definition) is 5. The van der Waals surface area contributed by atoms with Gasteiger partial charge in [0, 0.05) is 32.2 Å². The van der Waals surface area contributed by atoms with Gasteiger partial charge in [0.05, 0.1) is 6.10 Å². The largest absolute Gasteiger partial charge is 0.381 e. The number of carbonyl (C=O) groups is 1. The molecule has 1 N–H and O–H groups in total. The van der Waals surface area contributed by atoms with E-state index in [0.29, 0.717) is 25.7 Å². The maximum absolute atomic E-state index is 12.7. The molecule has 0 spiro atoms. The molecule has 3 saturated heterocycles. The molecule has 0 saturated carbocycles. The van der Waals surface area contributed by atoms with E-state index in [0.717, 1.165) is 43.9 Å². The summed E-state index contributed by atoms with van der Waals surface area (Å²) in [6.45, 7) is 4.87. The molecule has 126 valence electrons. The molecule has 7 heteroatoms. The molecule has 3 aliphatic heterocycles. The van der Waals surface area contributed by atoms with E-state index >= 15 is 0 Å². The molecule has 7 nitrogen and oxygen atoms in total. The van der Waals surface area contributed by atoms with Gasteiger partial charge in [0.1, 0.15) is 11.9 Å². The summed E-state index contributed by atoms with van der Waals surface area (Å²) in [6.07, 6.45) is 3.76. The molecule has 0 aliphatic carbocycles. The van der Waals surface area contributed by atoms with E-state index in [1.54, 1.807) is 0 Å². The second kappa shape index (κ2) is 6.20. The predicted octanol–water partition coefficient (Wildman–Crippen LogP) is 1.22. The number of ether oxygens (including phenoxy) is 2. The molecule has 3 fully saturated rings. The standard InChI is InChI=1S/C16H24N4O3/c1-10-17-15(19-18-10)13-8-12-2-5-20(9-14(12)23-13)16(21)11-3-6-22-7-4-11/h11-14H,2-9H2,1H3,(H,17,18,19)/t12-,13+,14+/m1/s1. The normalized spacial score (nSPS) is 32.0. The van der Waals surface area contributed by atoms with Crippen LogP contribution in [0.15, 0.2) is 0 Å². The average Bonchev–Trinajstić information content (AvgIpc) is 3.20. The number of carbonyl (C=O) groups excluding carboxylic acids is 1. The lowest BCUT2D eigenvalue weighted by molar-refractivity contribution is -0.143. The Bertz CT molecular complexity index is 569. The Balaban J connectivity index is 1.38. The summed E-state index contributed by atoms with van der Waals surface area (Å²) in [6, 6.07) is 0. The molecule has 1 aromatic heterocycles. The van der Waals surface area contributed by atoms with Gasteiger partial charge in [-0.1, -0.05) is 0 Å². The van der Waals surface area contributed by atoms with E-state index in [1.165, 1.54) is 0 Å². The molecule has 0 radical (unpaired) electrons. The van der Waals surface area contributed by atoms with Crippen molar-refractivity contribution in [2.45, 2.75) is 44.8 Å². The Kier molecular flexibility index (Phi) is 4.07. The van der Waals surface area contributed by atoms with E-state index in [2.05, 4.69) is 15.2 Å². The van der Waals surface area contributed by atoms with E-state index < -0.39 is 0 Å². The summed E-state index contributed by atoms with van der Waals surface area (Å²) in [4.78, 5) is 19.1. The molecule has 23 heavy (non-hydrogen) atoms. The second-order valence-electron chi connectivity index (χ2n) is 6.90. The highest BCUT2D eigenvalue weighted by Crippen LogP contribution is 2.40. The number of aryl methyl sites for hydroxylation is 1. The number of H-pyrrole nitrogens is 1. The lowest BCUT2D eigenvalue weighted by Gasteiger charge is -2.36. The van der Waals surface area contributed by atoms with Crippen molar-refractivity contribution in [2.24, 2.45) is 11.8 Å². The highest BCUT2D eigenvalue weighted by molar-refractivity contribution is 5.79. The first kappa shape index (κ1) is 15.1. The fourth-order valence-electron chi connectivity index (χ4n) is 4.00. The van der Waals surface area contributed by atoms with Gasteiger partial charge in [0.15, 0.2) is 5.82 Å². The zero-order valence-electron chi connectivity index (χ0n) is 13.5. The topological polar surface area (TPSA) is 80.3 Å². The minimum absolute atomic E-state index is 0.0342. The van der Waals surface area contributed by atoms with Gasteiger partial charge < -0.3 is 14.4 Å². The number of nitrogens with zero attached hydrogens (tertiary/aromatic N) is 3. The minimum atomic E-state index is -0.0342. The Morgan fingerprint density at radius 3 is 2.87 bits per heavy atom. The van der Waals surface area contributed by atoms with Crippen LogP contribution >= 0.6 is 0 Å². The van der Waals surface area contributed by atoms with E-state index in [-0.39, 0.29) is 24.0 Å². The number of piperidine rings is 1. The number of likely N-dealkylation sites (tertiary alicyclic amines) is 1. The van der Waals surface area contributed by atoms with Gasteiger partial charge in [0.2, 0.25) is 5.91 Å². The molecule has 0 unspecified atom stereocenters. The molecule has 0 bridgehead atoms. The van der Waals surface area contributed by atoms with Crippen LogP contribution in [0.1, 0.15) is 43.4 Å². The minimum Gasteiger partial charge on any atom is -0.381 e. The predicted molar refractivity (Wildman–Crippen MR) is 81.6 cm³/mol. The van der Waals surface area contributed by atoms with Crippen LogP contribution in [0.2, 0.25) is 0 Å². The SMILES string of the molecule is Cc1nc([C@@H]2C[C@H]3CCN(C(=O)C4CCOCC4)C[C@@H]3O2)n[nH]1. The summed E-state index contributed by atoms with van der Waals surface area (Å²) >= 11 is 0. The highest BCUT2D eigenvalue weighted by atomic mass is 16.5. The third kappa shape index (κ3) is 2.99. The van der Waals surface area contributed by atoms with Crippen molar-refractivity contribution in [3.63, 3.8) is 0 Å². The van der Waals surface area contributed by atoms with Gasteiger partial charge >= 0.3 is 0 Å². The molecular weight excluding hydrogens is 296 g/mol. The third-order valence-electron chi connectivity index (χ3n) is 5.34. The van der Waals surface area contributed by atoms with Crippen LogP contribution in [0.3, 0.4) is 0 Å². The molecule has 4 rings (SSSR count). The molecule has 4 heterocycles. The number of fused-ring (bicyclic) bond motifs is 1. The van der Waals surface area contributed by atoms with Gasteiger partial charge in [-0.05, 0) is 38.5 Å². The fourth-order valence-corrected chi connectivity index (χ4v) is 4.00. The van der Waals surface area contributed by atoms with E-state index in [4.69, 9.17) is 9.47 Å². The quantitative estimate of drug-likeness (QED) is 0.886. The summed E-state index contributed by atoms with van der Waals surface area (Å²) in [7, 11) is 0. The lowest BCUT2D eigenvalue weighted by Crippen LogP contribution is -2.48. The number of amides is 1. The molecule has 3 atom stereocenters. The van der Waals surface area contributed by atoms with E-state index in [9.17, 15) is 4.79 Å². The van der Waals surface area contributed by atoms with Crippen molar-refractivity contribution < 1.29 is 14.3 Å². The van der Waals surface area contributed by atoms with Crippen molar-refractivity contribution in [3.05, 3.63) is 11.6 Å². The van der Waals surface area contributed by atoms with Gasteiger partial charge in [-0.25, -0.2) is 4.98 Å². The van der Waals surface area contributed by atoms with Crippen LogP contribution in [0.25, 0.3) is 0 Å². The first-order chi connectivity index (χ1) is 11.2. The average molecular weight is 320 g/mol. The molecule has 1 amide bonds. The maximum Gasteiger partial charge on any atom is 0.225 e. The number of aromatic nitrogens is 3. The van der Waals surface area contributed by atoms with Gasteiger partial charge in [0.25, 0.3) is 0 Å². The van der Waals surface area contributed by atoms with Crippen molar-refractivity contribution in [1.29, 1.82) is 0 Å². The highest BCUT2D eigenvalue weighted by Gasteiger charge is 2.42. The Morgan fingerprint density at radius 2 is 2.13 bits per heavy atom. The zero-order chi connectivity index (χ0) is 15.8. The van der Waals surface area contributed by atoms with Crippen LogP contribution in [-0.2, 0) is 14.3 Å². The first-order valence-corrected chi connectivity index (χ1v) is 8.61. The molecular formula is C16H24N4O3. The van der Waals surface area contributed by atoms with Crippen molar-refractivity contribution in [2.75, 3.05) is 26.3 Å². The molecule has 3 aliphatic rings. The lowest BCUT2D eigenvalue weighted by atomic mass is 9.90. The van der Waals surface area contributed by atoms with Crippen LogP contribution in [-0.4, -0.2) is 58.4 Å². The fraction of sp³-hybridized carbons (Fsp3) is 0.812. The van der Waals surface area contributed by atoms with Crippen molar-refractivity contribution >= 4 is 5.91 Å². The van der Waals surface area contributed by atoms with Crippen LogP contribution in [0.5, 0.6) is 0 Å². The Labute approximate surface area is 135 Å². The number of nitrogens with one attached hydrogen (secondary N) is 1. The molecule has 0 aromatic carbocycles. The maximum atomic E-state index is 12.7. The Hall–Kier alpha value is -1.47. The van der Waals surface area contributed by atoms with Gasteiger partial charge in [-0.2, -0.15) is 5.10 Å². The number of aromatic amines is 1. The summed E-state index contributed by atoms with van der Waals surface area (Å²) in [5, 5.41) is 7.11. The van der Waals surface area contributed by atoms with Crippen molar-refractivity contribution in [3.8, 4) is 0 Å². The summed E-state index contributed by atoms with van der Waals surface area (Å²) in [5.74, 6) is 2.49. The smallest absolute Gasteiger partial charge is 0.225 e. The summed E-state index contributed by atoms with van der Waals surface area (Å²) in [5.41, 5.74) is 0.